The highest BCUT2D eigenvalue weighted by Gasteiger charge is 2.14. The van der Waals surface area contributed by atoms with Crippen LogP contribution in [-0.2, 0) is 11.2 Å². The molecule has 3 nitrogen and oxygen atoms in total. The topological polar surface area (TPSA) is 32.7 Å². The van der Waals surface area contributed by atoms with Gasteiger partial charge in [0.25, 0.3) is 0 Å². The van der Waals surface area contributed by atoms with Gasteiger partial charge in [0.2, 0.25) is 0 Å². The molecular formula is C30H39Cl3N2O. The Kier molecular flexibility index (Phi) is 13.0. The van der Waals surface area contributed by atoms with Gasteiger partial charge >= 0.3 is 0 Å². The van der Waals surface area contributed by atoms with Crippen molar-refractivity contribution < 1.29 is 4.79 Å². The quantitative estimate of drug-likeness (QED) is 0.168. The molecule has 0 aromatic heterocycles. The number of hydrogen-bond donors (Lipinski definition) is 0. The van der Waals surface area contributed by atoms with Crippen molar-refractivity contribution in [2.75, 3.05) is 13.1 Å². The minimum Gasteiger partial charge on any atom is -0.360 e. The van der Waals surface area contributed by atoms with Crippen molar-refractivity contribution in [3.63, 3.8) is 0 Å². The fourth-order valence-corrected chi connectivity index (χ4v) is 4.27. The van der Waals surface area contributed by atoms with Crippen molar-refractivity contribution in [2.24, 2.45) is 16.8 Å². The van der Waals surface area contributed by atoms with Crippen LogP contribution in [-0.4, -0.2) is 30.1 Å². The van der Waals surface area contributed by atoms with Gasteiger partial charge in [0, 0.05) is 30.1 Å². The molecule has 2 aromatic rings. The maximum Gasteiger partial charge on any atom is 0.121 e. The number of benzene rings is 2. The van der Waals surface area contributed by atoms with E-state index in [0.717, 1.165) is 59.3 Å². The Morgan fingerprint density at radius 1 is 1.06 bits per heavy atom. The van der Waals surface area contributed by atoms with E-state index in [4.69, 9.17) is 39.8 Å². The monoisotopic (exact) mass is 548 g/mol. The third-order valence-corrected chi connectivity index (χ3v) is 6.96. The molecule has 0 bridgehead atoms. The van der Waals surface area contributed by atoms with Crippen LogP contribution in [0.25, 0.3) is 5.70 Å². The van der Waals surface area contributed by atoms with Crippen LogP contribution >= 0.6 is 34.8 Å². The molecule has 0 amide bonds. The fourth-order valence-electron chi connectivity index (χ4n) is 3.76. The standard InChI is InChI=1S/C26H31Cl3N2O.C4H8/c1-18(2)15-19(3)26(22-9-10-24(28)25(29)17-22)30-20(4)31(12-6-14-32)13-11-21-7-5-8-23(27)16-21;1-4-2-3-4/h5,7-10,14,16-18H,6,11-13,15H2,1-4H3;4H,2-3H2,1H3/b26-19+,30-20?;. The molecule has 0 atom stereocenters. The molecule has 1 fully saturated rings. The minimum atomic E-state index is 0.444. The van der Waals surface area contributed by atoms with Crippen LogP contribution in [0.5, 0.6) is 0 Å². The average molecular weight is 550 g/mol. The van der Waals surface area contributed by atoms with Crippen LogP contribution in [0.1, 0.15) is 71.4 Å². The second-order valence-electron chi connectivity index (χ2n) is 10.0. The van der Waals surface area contributed by atoms with Gasteiger partial charge in [0.05, 0.1) is 15.7 Å². The van der Waals surface area contributed by atoms with Crippen LogP contribution in [0.15, 0.2) is 53.0 Å². The first-order chi connectivity index (χ1) is 17.1. The van der Waals surface area contributed by atoms with Gasteiger partial charge < -0.3 is 9.69 Å². The van der Waals surface area contributed by atoms with Crippen molar-refractivity contribution in [3.8, 4) is 0 Å². The Labute approximate surface area is 232 Å². The van der Waals surface area contributed by atoms with Crippen LogP contribution < -0.4 is 0 Å². The third kappa shape index (κ3) is 11.1. The van der Waals surface area contributed by atoms with Gasteiger partial charge in [-0.05, 0) is 73.9 Å². The Morgan fingerprint density at radius 2 is 1.75 bits per heavy atom. The summed E-state index contributed by atoms with van der Waals surface area (Å²) in [5.41, 5.74) is 4.16. The summed E-state index contributed by atoms with van der Waals surface area (Å²) in [5, 5.41) is 1.75. The number of nitrogens with zero attached hydrogens (tertiary/aromatic N) is 2. The minimum absolute atomic E-state index is 0.444. The smallest absolute Gasteiger partial charge is 0.121 e. The second-order valence-corrected chi connectivity index (χ2v) is 11.3. The van der Waals surface area contributed by atoms with E-state index in [1.54, 1.807) is 6.07 Å². The first-order valence-corrected chi connectivity index (χ1v) is 13.9. The molecule has 36 heavy (non-hydrogen) atoms. The number of allylic oxidation sites excluding steroid dienone is 1. The summed E-state index contributed by atoms with van der Waals surface area (Å²) in [7, 11) is 0. The molecule has 3 rings (SSSR count). The Morgan fingerprint density at radius 3 is 2.31 bits per heavy atom. The Hall–Kier alpha value is -1.81. The number of rotatable bonds is 10. The summed E-state index contributed by atoms with van der Waals surface area (Å²) in [4.78, 5) is 18.3. The average Bonchev–Trinajstić information content (AvgIpc) is 3.61. The zero-order chi connectivity index (χ0) is 26.7. The van der Waals surface area contributed by atoms with E-state index in [9.17, 15) is 4.79 Å². The van der Waals surface area contributed by atoms with E-state index in [1.807, 2.05) is 37.3 Å². The lowest BCUT2D eigenvalue weighted by Crippen LogP contribution is -2.32. The molecule has 0 N–H and O–H groups in total. The first kappa shape index (κ1) is 30.4. The third-order valence-electron chi connectivity index (χ3n) is 5.99. The molecule has 2 aromatic carbocycles. The summed E-state index contributed by atoms with van der Waals surface area (Å²) < 4.78 is 0. The van der Waals surface area contributed by atoms with E-state index in [0.29, 0.717) is 28.9 Å². The van der Waals surface area contributed by atoms with Gasteiger partial charge in [-0.15, -0.1) is 0 Å². The molecule has 196 valence electrons. The molecule has 1 aliphatic carbocycles. The predicted molar refractivity (Wildman–Crippen MR) is 157 cm³/mol. The van der Waals surface area contributed by atoms with Crippen molar-refractivity contribution in [3.05, 3.63) is 74.2 Å². The van der Waals surface area contributed by atoms with Gasteiger partial charge in [0.1, 0.15) is 12.1 Å². The molecule has 0 unspecified atom stereocenters. The van der Waals surface area contributed by atoms with Crippen molar-refractivity contribution >= 4 is 52.6 Å². The van der Waals surface area contributed by atoms with Crippen molar-refractivity contribution in [2.45, 2.75) is 66.7 Å². The maximum atomic E-state index is 11.1. The molecule has 0 aliphatic heterocycles. The fraction of sp³-hybridized carbons (Fsp3) is 0.467. The number of amidine groups is 1. The highest BCUT2D eigenvalue weighted by atomic mass is 35.5. The number of aldehydes is 1. The molecule has 1 saturated carbocycles. The molecule has 0 radical (unpaired) electrons. The Bertz CT molecular complexity index is 1060. The summed E-state index contributed by atoms with van der Waals surface area (Å²) in [6, 6.07) is 13.5. The highest BCUT2D eigenvalue weighted by molar-refractivity contribution is 6.42. The Balaban J connectivity index is 0.00000103. The SMILES string of the molecule is CC(=N/C(=C(\C)CC(C)C)c1ccc(Cl)c(Cl)c1)N(CCC=O)CCc1cccc(Cl)c1.CC1CC1. The summed E-state index contributed by atoms with van der Waals surface area (Å²) in [6.07, 6.45) is 6.09. The van der Waals surface area contributed by atoms with Gasteiger partial charge in [-0.25, -0.2) is 4.99 Å². The largest absolute Gasteiger partial charge is 0.360 e. The van der Waals surface area contributed by atoms with E-state index in [1.165, 1.54) is 18.4 Å². The zero-order valence-corrected chi connectivity index (χ0v) is 24.4. The van der Waals surface area contributed by atoms with Gasteiger partial charge in [-0.3, -0.25) is 0 Å². The summed E-state index contributed by atoms with van der Waals surface area (Å²) >= 11 is 18.6. The first-order valence-electron chi connectivity index (χ1n) is 12.7. The molecule has 0 saturated heterocycles. The summed E-state index contributed by atoms with van der Waals surface area (Å²) in [6.45, 7) is 12.1. The molecule has 1 aliphatic rings. The number of hydrogen-bond acceptors (Lipinski definition) is 2. The number of carbonyl (C=O) groups is 1. The van der Waals surface area contributed by atoms with Crippen LogP contribution in [0, 0.1) is 11.8 Å². The molecular weight excluding hydrogens is 511 g/mol. The van der Waals surface area contributed by atoms with E-state index in [-0.39, 0.29) is 0 Å². The van der Waals surface area contributed by atoms with Crippen LogP contribution in [0.2, 0.25) is 15.1 Å². The van der Waals surface area contributed by atoms with Gasteiger partial charge in [-0.1, -0.05) is 86.6 Å². The second kappa shape index (κ2) is 15.4. The highest BCUT2D eigenvalue weighted by Crippen LogP contribution is 2.30. The maximum absolute atomic E-state index is 11.1. The normalized spacial score (nSPS) is 14.2. The van der Waals surface area contributed by atoms with E-state index >= 15 is 0 Å². The zero-order valence-electron chi connectivity index (χ0n) is 22.2. The van der Waals surface area contributed by atoms with Crippen molar-refractivity contribution in [1.29, 1.82) is 0 Å². The van der Waals surface area contributed by atoms with Crippen LogP contribution in [0.3, 0.4) is 0 Å². The lowest BCUT2D eigenvalue weighted by atomic mass is 9.99. The predicted octanol–water partition coefficient (Wildman–Crippen LogP) is 9.39. The van der Waals surface area contributed by atoms with Gasteiger partial charge in [-0.2, -0.15) is 0 Å². The molecule has 0 heterocycles. The number of aliphatic imine (C=N–C) groups is 1. The van der Waals surface area contributed by atoms with Gasteiger partial charge in [0.15, 0.2) is 0 Å². The summed E-state index contributed by atoms with van der Waals surface area (Å²) in [5.74, 6) is 2.44. The van der Waals surface area contributed by atoms with E-state index < -0.39 is 0 Å². The lowest BCUT2D eigenvalue weighted by molar-refractivity contribution is -0.108. The molecule has 0 spiro atoms. The number of halogens is 3. The van der Waals surface area contributed by atoms with Crippen LogP contribution in [0.4, 0.5) is 0 Å². The van der Waals surface area contributed by atoms with E-state index in [2.05, 4.69) is 38.7 Å². The molecule has 6 heteroatoms. The van der Waals surface area contributed by atoms with Crippen molar-refractivity contribution in [1.82, 2.24) is 4.90 Å². The number of carbonyl (C=O) groups excluding carboxylic acids is 1. The lowest BCUT2D eigenvalue weighted by Gasteiger charge is -2.24.